The van der Waals surface area contributed by atoms with Crippen LogP contribution in [0.1, 0.15) is 51.7 Å². The molecule has 0 radical (unpaired) electrons. The summed E-state index contributed by atoms with van der Waals surface area (Å²) < 4.78 is 26.8. The van der Waals surface area contributed by atoms with Crippen LogP contribution in [-0.2, 0) is 9.16 Å². The summed E-state index contributed by atoms with van der Waals surface area (Å²) in [5.74, 6) is 0. The topological polar surface area (TPSA) is 44.5 Å². The van der Waals surface area contributed by atoms with Crippen LogP contribution in [0.4, 0.5) is 4.39 Å². The Morgan fingerprint density at radius 2 is 1.84 bits per heavy atom. The maximum Gasteiger partial charge on any atom is 0.193 e. The van der Waals surface area contributed by atoms with Crippen molar-refractivity contribution >= 4 is 8.32 Å². The van der Waals surface area contributed by atoms with Crippen molar-refractivity contribution < 1.29 is 13.6 Å². The standard InChI is InChI=1S/C20H34FNO2Si/c1-20(2,3)25(4,5)24-19(15-9-7-6-8-10-15)14-23-18-12-11-16(22)13-17(18)21/h6-10,16-19H,11-14,22H2,1-5H3. The summed E-state index contributed by atoms with van der Waals surface area (Å²) >= 11 is 0. The van der Waals surface area contributed by atoms with E-state index in [9.17, 15) is 4.39 Å². The number of rotatable bonds is 6. The molecule has 1 aliphatic rings. The van der Waals surface area contributed by atoms with Crippen molar-refractivity contribution in [1.82, 2.24) is 0 Å². The third-order valence-corrected chi connectivity index (χ3v) is 10.1. The second-order valence-electron chi connectivity index (χ2n) is 8.74. The van der Waals surface area contributed by atoms with E-state index >= 15 is 0 Å². The van der Waals surface area contributed by atoms with Crippen molar-refractivity contribution in [2.75, 3.05) is 6.61 Å². The van der Waals surface area contributed by atoms with Gasteiger partial charge in [0, 0.05) is 6.04 Å². The molecule has 0 saturated heterocycles. The van der Waals surface area contributed by atoms with E-state index in [0.29, 0.717) is 19.4 Å². The fraction of sp³-hybridized carbons (Fsp3) is 0.700. The van der Waals surface area contributed by atoms with Crippen LogP contribution in [-0.4, -0.2) is 33.2 Å². The second-order valence-corrected chi connectivity index (χ2v) is 13.5. The molecule has 142 valence electrons. The van der Waals surface area contributed by atoms with Crippen molar-refractivity contribution in [2.45, 2.75) is 82.6 Å². The molecule has 5 heteroatoms. The molecule has 0 aliphatic heterocycles. The van der Waals surface area contributed by atoms with Crippen LogP contribution in [0.2, 0.25) is 18.1 Å². The molecule has 1 saturated carbocycles. The van der Waals surface area contributed by atoms with Gasteiger partial charge in [0.05, 0.1) is 18.8 Å². The van der Waals surface area contributed by atoms with Gasteiger partial charge in [0.25, 0.3) is 0 Å². The summed E-state index contributed by atoms with van der Waals surface area (Å²) in [6.45, 7) is 11.5. The van der Waals surface area contributed by atoms with E-state index in [2.05, 4.69) is 46.0 Å². The monoisotopic (exact) mass is 367 g/mol. The Bertz CT molecular complexity index is 532. The summed E-state index contributed by atoms with van der Waals surface area (Å²) in [7, 11) is -1.96. The van der Waals surface area contributed by atoms with E-state index in [-0.39, 0.29) is 23.3 Å². The zero-order valence-electron chi connectivity index (χ0n) is 16.3. The predicted molar refractivity (Wildman–Crippen MR) is 104 cm³/mol. The highest BCUT2D eigenvalue weighted by atomic mass is 28.4. The van der Waals surface area contributed by atoms with Crippen LogP contribution in [0.25, 0.3) is 0 Å². The van der Waals surface area contributed by atoms with Crippen LogP contribution >= 0.6 is 0 Å². The zero-order chi connectivity index (χ0) is 18.7. The third-order valence-electron chi connectivity index (χ3n) is 5.63. The summed E-state index contributed by atoms with van der Waals surface area (Å²) in [5.41, 5.74) is 6.94. The lowest BCUT2D eigenvalue weighted by atomic mass is 9.92. The van der Waals surface area contributed by atoms with E-state index in [1.54, 1.807) is 0 Å². The highest BCUT2D eigenvalue weighted by molar-refractivity contribution is 6.74. The van der Waals surface area contributed by atoms with Gasteiger partial charge in [-0.3, -0.25) is 0 Å². The highest BCUT2D eigenvalue weighted by Crippen LogP contribution is 2.40. The molecule has 0 amide bonds. The molecule has 0 bridgehead atoms. The Morgan fingerprint density at radius 1 is 1.20 bits per heavy atom. The van der Waals surface area contributed by atoms with Gasteiger partial charge in [-0.15, -0.1) is 0 Å². The molecule has 2 rings (SSSR count). The summed E-state index contributed by atoms with van der Waals surface area (Å²) in [6.07, 6.45) is 0.393. The van der Waals surface area contributed by atoms with Gasteiger partial charge in [0.1, 0.15) is 6.17 Å². The Morgan fingerprint density at radius 3 is 2.40 bits per heavy atom. The fourth-order valence-corrected chi connectivity index (χ4v) is 4.18. The third kappa shape index (κ3) is 5.61. The Balaban J connectivity index is 2.08. The molecule has 1 aromatic carbocycles. The van der Waals surface area contributed by atoms with Gasteiger partial charge >= 0.3 is 0 Å². The maximum atomic E-state index is 14.2. The molecule has 3 nitrogen and oxygen atoms in total. The number of halogens is 1. The van der Waals surface area contributed by atoms with Crippen molar-refractivity contribution in [3.8, 4) is 0 Å². The first-order chi connectivity index (χ1) is 11.6. The van der Waals surface area contributed by atoms with Crippen LogP contribution in [0.5, 0.6) is 0 Å². The minimum atomic E-state index is -1.96. The van der Waals surface area contributed by atoms with Gasteiger partial charge < -0.3 is 14.9 Å². The van der Waals surface area contributed by atoms with Gasteiger partial charge in [-0.05, 0) is 43.0 Å². The number of ether oxygens (including phenoxy) is 1. The largest absolute Gasteiger partial charge is 0.408 e. The Hall–Kier alpha value is -0.753. The quantitative estimate of drug-likeness (QED) is 0.721. The highest BCUT2D eigenvalue weighted by Gasteiger charge is 2.40. The number of hydrogen-bond donors (Lipinski definition) is 1. The molecule has 2 N–H and O–H groups in total. The van der Waals surface area contributed by atoms with E-state index in [0.717, 1.165) is 12.0 Å². The van der Waals surface area contributed by atoms with Crippen molar-refractivity contribution in [3.05, 3.63) is 35.9 Å². The fourth-order valence-electron chi connectivity index (χ4n) is 2.92. The van der Waals surface area contributed by atoms with Crippen LogP contribution in [0, 0.1) is 0 Å². The molecular formula is C20H34FNO2Si. The van der Waals surface area contributed by atoms with Crippen LogP contribution in [0.15, 0.2) is 30.3 Å². The first kappa shape index (κ1) is 20.6. The lowest BCUT2D eigenvalue weighted by Gasteiger charge is -2.40. The van der Waals surface area contributed by atoms with Crippen molar-refractivity contribution in [1.29, 1.82) is 0 Å². The Kier molecular flexibility index (Phi) is 6.82. The lowest BCUT2D eigenvalue weighted by molar-refractivity contribution is -0.0584. The van der Waals surface area contributed by atoms with E-state index in [1.165, 1.54) is 0 Å². The zero-order valence-corrected chi connectivity index (χ0v) is 17.3. The first-order valence-electron chi connectivity index (χ1n) is 9.34. The normalized spacial score (nSPS) is 26.4. The summed E-state index contributed by atoms with van der Waals surface area (Å²) in [4.78, 5) is 0. The number of alkyl halides is 1. The van der Waals surface area contributed by atoms with Gasteiger partial charge in [-0.2, -0.15) is 0 Å². The predicted octanol–water partition coefficient (Wildman–Crippen LogP) is 4.98. The first-order valence-corrected chi connectivity index (χ1v) is 12.2. The van der Waals surface area contributed by atoms with Crippen molar-refractivity contribution in [3.63, 3.8) is 0 Å². The molecule has 1 aliphatic carbocycles. The smallest absolute Gasteiger partial charge is 0.193 e. The number of benzene rings is 1. The molecule has 1 aromatic rings. The van der Waals surface area contributed by atoms with Gasteiger partial charge in [-0.1, -0.05) is 51.1 Å². The van der Waals surface area contributed by atoms with Gasteiger partial charge in [0.15, 0.2) is 8.32 Å². The molecular weight excluding hydrogens is 333 g/mol. The molecule has 1 fully saturated rings. The molecule has 0 heterocycles. The van der Waals surface area contributed by atoms with Crippen molar-refractivity contribution in [2.24, 2.45) is 5.73 Å². The molecule has 4 atom stereocenters. The Labute approximate surface area is 153 Å². The average molecular weight is 368 g/mol. The number of hydrogen-bond acceptors (Lipinski definition) is 3. The summed E-state index contributed by atoms with van der Waals surface area (Å²) in [5, 5.41) is 0.111. The molecule has 4 unspecified atom stereocenters. The van der Waals surface area contributed by atoms with Gasteiger partial charge in [0.2, 0.25) is 0 Å². The van der Waals surface area contributed by atoms with Crippen LogP contribution < -0.4 is 5.73 Å². The van der Waals surface area contributed by atoms with E-state index in [4.69, 9.17) is 14.9 Å². The summed E-state index contributed by atoms with van der Waals surface area (Å²) in [6, 6.07) is 10.1. The SMILES string of the molecule is CC(C)(C)[Si](C)(C)OC(COC1CCC(N)CC1F)c1ccccc1. The maximum absolute atomic E-state index is 14.2. The minimum Gasteiger partial charge on any atom is -0.408 e. The second kappa shape index (κ2) is 8.29. The molecule has 0 aromatic heterocycles. The van der Waals surface area contributed by atoms with Crippen LogP contribution in [0.3, 0.4) is 0 Å². The van der Waals surface area contributed by atoms with E-state index < -0.39 is 14.5 Å². The van der Waals surface area contributed by atoms with E-state index in [1.807, 2.05) is 18.2 Å². The lowest BCUT2D eigenvalue weighted by Crippen LogP contribution is -2.43. The molecule has 0 spiro atoms. The molecule has 25 heavy (non-hydrogen) atoms. The number of nitrogens with two attached hydrogens (primary N) is 1. The van der Waals surface area contributed by atoms with Gasteiger partial charge in [-0.25, -0.2) is 4.39 Å². The minimum absolute atomic E-state index is 0.0387. The average Bonchev–Trinajstić information content (AvgIpc) is 2.52.